The third kappa shape index (κ3) is 4.12. The second-order valence-electron chi connectivity index (χ2n) is 9.25. The number of amides is 2. The molecule has 0 fully saturated rings. The predicted molar refractivity (Wildman–Crippen MR) is 148 cm³/mol. The number of aryl methyl sites for hydroxylation is 1. The quantitative estimate of drug-likeness (QED) is 0.303. The molecule has 2 aromatic heterocycles. The average molecular weight is 504 g/mol. The van der Waals surface area contributed by atoms with Crippen molar-refractivity contribution in [3.05, 3.63) is 126 Å². The fourth-order valence-corrected chi connectivity index (χ4v) is 5.20. The van der Waals surface area contributed by atoms with E-state index in [4.69, 9.17) is 9.84 Å². The number of urea groups is 1. The van der Waals surface area contributed by atoms with Gasteiger partial charge in [0.05, 0.1) is 36.8 Å². The van der Waals surface area contributed by atoms with Crippen LogP contribution in [0.4, 0.5) is 10.5 Å². The summed E-state index contributed by atoms with van der Waals surface area (Å²) in [5.41, 5.74) is 5.71. The molecule has 3 heterocycles. The molecule has 0 radical (unpaired) electrons. The smallest absolute Gasteiger partial charge is 0.322 e. The summed E-state index contributed by atoms with van der Waals surface area (Å²) in [6, 6.07) is 31.3. The van der Waals surface area contributed by atoms with Gasteiger partial charge in [0.2, 0.25) is 0 Å². The molecule has 0 saturated heterocycles. The third-order valence-electron chi connectivity index (χ3n) is 7.02. The fraction of sp³-hybridized carbons (Fsp3) is 0.161. The van der Waals surface area contributed by atoms with Crippen molar-refractivity contribution in [1.29, 1.82) is 0 Å². The number of benzene rings is 3. The van der Waals surface area contributed by atoms with Crippen LogP contribution in [0.15, 0.2) is 103 Å². The number of nitrogens with one attached hydrogen (secondary N) is 1. The molecule has 6 rings (SSSR count). The number of carbonyl (C=O) groups is 1. The Morgan fingerprint density at radius 2 is 1.66 bits per heavy atom. The molecule has 7 nitrogen and oxygen atoms in total. The highest BCUT2D eigenvalue weighted by atomic mass is 16.5. The molecular formula is C31H29N5O2. The summed E-state index contributed by atoms with van der Waals surface area (Å²) >= 11 is 0. The first-order chi connectivity index (χ1) is 18.7. The van der Waals surface area contributed by atoms with Gasteiger partial charge in [-0.15, -0.1) is 0 Å². The van der Waals surface area contributed by atoms with E-state index in [-0.39, 0.29) is 12.1 Å². The molecule has 1 atom stereocenters. The highest BCUT2D eigenvalue weighted by molar-refractivity contribution is 5.90. The minimum Gasteiger partial charge on any atom is -0.497 e. The number of carbonyl (C=O) groups excluding carboxylic acids is 1. The van der Waals surface area contributed by atoms with Crippen molar-refractivity contribution in [3.8, 4) is 17.3 Å². The zero-order chi connectivity index (χ0) is 26.1. The molecule has 2 amide bonds. The number of para-hydroxylation sites is 2. The molecule has 5 aromatic rings. The summed E-state index contributed by atoms with van der Waals surface area (Å²) in [6.07, 6.45) is 2.81. The Labute approximate surface area is 221 Å². The number of ether oxygens (including phenoxy) is 1. The summed E-state index contributed by atoms with van der Waals surface area (Å²) in [7, 11) is 1.66. The van der Waals surface area contributed by atoms with Crippen molar-refractivity contribution >= 4 is 11.7 Å². The van der Waals surface area contributed by atoms with Crippen LogP contribution >= 0.6 is 0 Å². The van der Waals surface area contributed by atoms with Crippen LogP contribution in [0.3, 0.4) is 0 Å². The lowest BCUT2D eigenvalue weighted by molar-refractivity contribution is 0.194. The molecular weight excluding hydrogens is 474 g/mol. The van der Waals surface area contributed by atoms with Gasteiger partial charge < -0.3 is 19.5 Å². The number of rotatable bonds is 5. The zero-order valence-corrected chi connectivity index (χ0v) is 21.4. The topological polar surface area (TPSA) is 64.3 Å². The van der Waals surface area contributed by atoms with Gasteiger partial charge in [0.1, 0.15) is 11.6 Å². The highest BCUT2D eigenvalue weighted by Crippen LogP contribution is 2.39. The lowest BCUT2D eigenvalue weighted by Crippen LogP contribution is -2.38. The molecule has 1 unspecified atom stereocenters. The summed E-state index contributed by atoms with van der Waals surface area (Å²) in [4.78, 5) is 15.9. The number of fused-ring (bicyclic) bond motifs is 3. The summed E-state index contributed by atoms with van der Waals surface area (Å²) in [5.74, 6) is 1.73. The fourth-order valence-electron chi connectivity index (χ4n) is 5.20. The minimum atomic E-state index is -0.332. The van der Waals surface area contributed by atoms with E-state index in [2.05, 4.69) is 41.2 Å². The van der Waals surface area contributed by atoms with Crippen LogP contribution in [0, 0.1) is 0 Å². The molecule has 190 valence electrons. The van der Waals surface area contributed by atoms with E-state index in [1.165, 1.54) is 0 Å². The Hall–Kier alpha value is -4.78. The van der Waals surface area contributed by atoms with E-state index in [0.717, 1.165) is 51.9 Å². The monoisotopic (exact) mass is 503 g/mol. The summed E-state index contributed by atoms with van der Waals surface area (Å²) in [6.45, 7) is 2.51. The van der Waals surface area contributed by atoms with Gasteiger partial charge in [-0.1, -0.05) is 55.5 Å². The molecule has 1 aliphatic rings. The number of hydrogen-bond donors (Lipinski definition) is 1. The predicted octanol–water partition coefficient (Wildman–Crippen LogP) is 6.37. The van der Waals surface area contributed by atoms with Crippen LogP contribution in [0.5, 0.6) is 5.75 Å². The van der Waals surface area contributed by atoms with E-state index in [0.29, 0.717) is 6.54 Å². The van der Waals surface area contributed by atoms with Crippen molar-refractivity contribution in [2.45, 2.75) is 25.9 Å². The Bertz CT molecular complexity index is 1560. The SMILES string of the molecule is CCc1nn(-c2ccccc2)c2c1CN(C(=O)Nc1ccccc1)C(c1ccc(OC)cc1)c1cccn1-2. The Morgan fingerprint density at radius 1 is 0.947 bits per heavy atom. The lowest BCUT2D eigenvalue weighted by Gasteiger charge is -2.31. The maximum absolute atomic E-state index is 14.0. The molecule has 0 aliphatic carbocycles. The molecule has 1 N–H and O–H groups in total. The van der Waals surface area contributed by atoms with Crippen LogP contribution in [0.2, 0.25) is 0 Å². The molecule has 0 spiro atoms. The van der Waals surface area contributed by atoms with Gasteiger partial charge in [-0.3, -0.25) is 0 Å². The van der Waals surface area contributed by atoms with Gasteiger partial charge in [0.25, 0.3) is 0 Å². The van der Waals surface area contributed by atoms with E-state index in [9.17, 15) is 4.79 Å². The number of aromatic nitrogens is 3. The molecule has 3 aromatic carbocycles. The highest BCUT2D eigenvalue weighted by Gasteiger charge is 2.36. The molecule has 7 heteroatoms. The van der Waals surface area contributed by atoms with Crippen molar-refractivity contribution < 1.29 is 9.53 Å². The standard InChI is InChI=1S/C31H29N5O2/c1-3-27-26-21-35(31(37)32-23-11-6-4-7-12-23)29(22-16-18-25(38-2)19-17-22)28-15-10-20-34(28)30(26)36(33-27)24-13-8-5-9-14-24/h4-20,29H,3,21H2,1-2H3,(H,32,37). The summed E-state index contributed by atoms with van der Waals surface area (Å²) < 4.78 is 9.59. The zero-order valence-electron chi connectivity index (χ0n) is 21.4. The van der Waals surface area contributed by atoms with Crippen LogP contribution in [0.1, 0.15) is 35.5 Å². The third-order valence-corrected chi connectivity index (χ3v) is 7.02. The molecule has 0 bridgehead atoms. The van der Waals surface area contributed by atoms with Crippen LogP contribution in [0.25, 0.3) is 11.5 Å². The first-order valence-corrected chi connectivity index (χ1v) is 12.8. The van der Waals surface area contributed by atoms with Crippen LogP contribution < -0.4 is 10.1 Å². The normalized spacial score (nSPS) is 14.4. The second-order valence-corrected chi connectivity index (χ2v) is 9.25. The van der Waals surface area contributed by atoms with Gasteiger partial charge in [-0.05, 0) is 60.5 Å². The minimum absolute atomic E-state index is 0.174. The molecule has 1 aliphatic heterocycles. The van der Waals surface area contributed by atoms with E-state index in [1.807, 2.05) is 88.4 Å². The van der Waals surface area contributed by atoms with Crippen molar-refractivity contribution in [2.24, 2.45) is 0 Å². The Kier molecular flexibility index (Phi) is 6.17. The first kappa shape index (κ1) is 23.6. The molecule has 0 saturated carbocycles. The van der Waals surface area contributed by atoms with E-state index < -0.39 is 0 Å². The molecule has 38 heavy (non-hydrogen) atoms. The van der Waals surface area contributed by atoms with Crippen LogP contribution in [-0.2, 0) is 13.0 Å². The van der Waals surface area contributed by atoms with Gasteiger partial charge in [0, 0.05) is 17.4 Å². The van der Waals surface area contributed by atoms with Gasteiger partial charge in [-0.25, -0.2) is 9.48 Å². The second kappa shape index (κ2) is 9.94. The van der Waals surface area contributed by atoms with Gasteiger partial charge in [0.15, 0.2) is 0 Å². The average Bonchev–Trinajstić information content (AvgIpc) is 3.55. The first-order valence-electron chi connectivity index (χ1n) is 12.8. The van der Waals surface area contributed by atoms with Gasteiger partial charge in [-0.2, -0.15) is 5.10 Å². The maximum atomic E-state index is 14.0. The van der Waals surface area contributed by atoms with Crippen molar-refractivity contribution in [2.75, 3.05) is 12.4 Å². The number of nitrogens with zero attached hydrogens (tertiary/aromatic N) is 4. The number of hydrogen-bond acceptors (Lipinski definition) is 3. The largest absolute Gasteiger partial charge is 0.497 e. The summed E-state index contributed by atoms with van der Waals surface area (Å²) in [5, 5.41) is 8.14. The lowest BCUT2D eigenvalue weighted by atomic mass is 10.0. The Morgan fingerprint density at radius 3 is 2.34 bits per heavy atom. The van der Waals surface area contributed by atoms with Crippen molar-refractivity contribution in [3.63, 3.8) is 0 Å². The van der Waals surface area contributed by atoms with E-state index >= 15 is 0 Å². The van der Waals surface area contributed by atoms with Gasteiger partial charge >= 0.3 is 6.03 Å². The number of methoxy groups -OCH3 is 1. The maximum Gasteiger partial charge on any atom is 0.322 e. The number of anilines is 1. The van der Waals surface area contributed by atoms with Crippen LogP contribution in [-0.4, -0.2) is 32.4 Å². The van der Waals surface area contributed by atoms with E-state index in [1.54, 1.807) is 7.11 Å². The Balaban J connectivity index is 1.55. The van der Waals surface area contributed by atoms with Crippen molar-refractivity contribution in [1.82, 2.24) is 19.2 Å².